The van der Waals surface area contributed by atoms with Gasteiger partial charge in [0.2, 0.25) is 0 Å². The monoisotopic (exact) mass is 572 g/mol. The van der Waals surface area contributed by atoms with Crippen LogP contribution >= 0.6 is 11.3 Å². The van der Waals surface area contributed by atoms with Crippen molar-refractivity contribution in [1.29, 1.82) is 0 Å². The van der Waals surface area contributed by atoms with Gasteiger partial charge < -0.3 is 25.0 Å². The molecule has 8 nitrogen and oxygen atoms in total. The van der Waals surface area contributed by atoms with Crippen molar-refractivity contribution in [2.24, 2.45) is 0 Å². The van der Waals surface area contributed by atoms with Gasteiger partial charge in [-0.3, -0.25) is 4.79 Å². The topological polar surface area (TPSA) is 95.0 Å². The molecular weight excluding hydrogens is 536 g/mol. The highest BCUT2D eigenvalue weighted by Gasteiger charge is 2.30. The van der Waals surface area contributed by atoms with Crippen LogP contribution in [0.25, 0.3) is 16.0 Å². The standard InChI is InChI=1S/C32H36N4O4S/c1-32(2,3)40-31(39)35-16-13-20(14-17-35)24-8-6-9-25(34-24)30(38)36-18-15-21-19-27(29(37)33-22-11-12-22)41-28(21)23-7-4-5-10-26(23)36/h4-10,13,19,22,30,38H,11-12,14-18H2,1-3H3,(H,33,37). The Kier molecular flexibility index (Phi) is 7.34. The molecule has 9 heteroatoms. The maximum atomic E-state index is 12.7. The number of pyridine rings is 1. The van der Waals surface area contributed by atoms with Gasteiger partial charge in [-0.2, -0.15) is 0 Å². The lowest BCUT2D eigenvalue weighted by Gasteiger charge is -2.31. The van der Waals surface area contributed by atoms with Crippen molar-refractivity contribution in [3.63, 3.8) is 0 Å². The number of hydrogen-bond acceptors (Lipinski definition) is 7. The smallest absolute Gasteiger partial charge is 0.410 e. The van der Waals surface area contributed by atoms with Crippen LogP contribution in [0.15, 0.2) is 54.6 Å². The van der Waals surface area contributed by atoms with E-state index in [1.807, 2.05) is 74.2 Å². The summed E-state index contributed by atoms with van der Waals surface area (Å²) in [4.78, 5) is 35.6. The number of para-hydroxylation sites is 1. The largest absolute Gasteiger partial charge is 0.444 e. The lowest BCUT2D eigenvalue weighted by atomic mass is 10.0. The van der Waals surface area contributed by atoms with Gasteiger partial charge in [0.05, 0.1) is 16.3 Å². The second-order valence-electron chi connectivity index (χ2n) is 11.9. The van der Waals surface area contributed by atoms with Crippen molar-refractivity contribution in [3.05, 3.63) is 76.4 Å². The number of fused-ring (bicyclic) bond motifs is 3. The Morgan fingerprint density at radius 1 is 1.10 bits per heavy atom. The SMILES string of the molecule is CC(C)(C)OC(=O)N1CC=C(c2cccc(C(O)N3CCc4cc(C(=O)NC5CC5)sc4-c4ccccc43)n2)CC1. The quantitative estimate of drug-likeness (QED) is 0.403. The lowest BCUT2D eigenvalue weighted by molar-refractivity contribution is 0.0270. The molecule has 2 aromatic heterocycles. The van der Waals surface area contributed by atoms with Crippen LogP contribution in [0.2, 0.25) is 0 Å². The van der Waals surface area contributed by atoms with Crippen LogP contribution in [0.5, 0.6) is 0 Å². The van der Waals surface area contributed by atoms with Crippen molar-refractivity contribution in [3.8, 4) is 10.4 Å². The number of nitrogens with one attached hydrogen (secondary N) is 1. The van der Waals surface area contributed by atoms with Crippen LogP contribution in [0.1, 0.15) is 72.9 Å². The Balaban J connectivity index is 1.22. The first-order chi connectivity index (χ1) is 19.7. The summed E-state index contributed by atoms with van der Waals surface area (Å²) in [6.45, 7) is 7.20. The molecule has 1 fully saturated rings. The van der Waals surface area contributed by atoms with Gasteiger partial charge in [0.15, 0.2) is 6.23 Å². The van der Waals surface area contributed by atoms with Crippen molar-refractivity contribution >= 4 is 34.6 Å². The van der Waals surface area contributed by atoms with Crippen LogP contribution in [-0.4, -0.2) is 58.3 Å². The number of carbonyl (C=O) groups is 2. The van der Waals surface area contributed by atoms with E-state index < -0.39 is 11.8 Å². The number of carbonyl (C=O) groups excluding carboxylic acids is 2. The van der Waals surface area contributed by atoms with Gasteiger partial charge in [-0.1, -0.05) is 30.3 Å². The summed E-state index contributed by atoms with van der Waals surface area (Å²) >= 11 is 1.52. The Hall–Kier alpha value is -3.69. The number of rotatable bonds is 5. The molecule has 1 saturated carbocycles. The van der Waals surface area contributed by atoms with Crippen LogP contribution in [0.4, 0.5) is 10.5 Å². The molecule has 3 aromatic rings. The maximum Gasteiger partial charge on any atom is 0.410 e. The Bertz CT molecular complexity index is 1500. The highest BCUT2D eigenvalue weighted by molar-refractivity contribution is 7.17. The van der Waals surface area contributed by atoms with E-state index >= 15 is 0 Å². The molecule has 2 amide bonds. The zero-order valence-electron chi connectivity index (χ0n) is 23.7. The summed E-state index contributed by atoms with van der Waals surface area (Å²) in [5.41, 5.74) is 4.96. The van der Waals surface area contributed by atoms with Gasteiger partial charge in [0, 0.05) is 41.8 Å². The number of thiophene rings is 1. The van der Waals surface area contributed by atoms with E-state index in [-0.39, 0.29) is 12.0 Å². The van der Waals surface area contributed by atoms with Gasteiger partial charge in [-0.05, 0) is 81.9 Å². The number of nitrogens with zero attached hydrogens (tertiary/aromatic N) is 3. The first kappa shape index (κ1) is 27.5. The molecule has 1 aliphatic carbocycles. The van der Waals surface area contributed by atoms with E-state index in [0.29, 0.717) is 44.2 Å². The number of anilines is 1. The van der Waals surface area contributed by atoms with E-state index in [2.05, 4.69) is 11.4 Å². The van der Waals surface area contributed by atoms with Gasteiger partial charge in [-0.15, -0.1) is 11.3 Å². The van der Waals surface area contributed by atoms with E-state index in [1.165, 1.54) is 11.3 Å². The molecule has 1 aromatic carbocycles. The zero-order chi connectivity index (χ0) is 28.7. The van der Waals surface area contributed by atoms with Crippen molar-refractivity contribution < 1.29 is 19.4 Å². The number of hydrogen-bond donors (Lipinski definition) is 2. The summed E-state index contributed by atoms with van der Waals surface area (Å²) < 4.78 is 5.51. The molecular formula is C32H36N4O4S. The minimum absolute atomic E-state index is 0.00666. The first-order valence-electron chi connectivity index (χ1n) is 14.3. The molecule has 0 saturated heterocycles. The van der Waals surface area contributed by atoms with E-state index in [4.69, 9.17) is 9.72 Å². The fourth-order valence-electron chi connectivity index (χ4n) is 5.30. The lowest BCUT2D eigenvalue weighted by Crippen LogP contribution is -2.39. The Morgan fingerprint density at radius 3 is 2.63 bits per heavy atom. The average Bonchev–Trinajstić information content (AvgIpc) is 3.70. The second-order valence-corrected chi connectivity index (χ2v) is 13.0. The number of ether oxygens (including phenoxy) is 1. The number of aliphatic hydroxyl groups excluding tert-OH is 1. The Labute approximate surface area is 244 Å². The van der Waals surface area contributed by atoms with Gasteiger partial charge >= 0.3 is 6.09 Å². The second kappa shape index (κ2) is 10.9. The Morgan fingerprint density at radius 2 is 1.90 bits per heavy atom. The molecule has 6 rings (SSSR count). The molecule has 214 valence electrons. The number of aliphatic hydroxyl groups is 1. The fourth-order valence-corrected chi connectivity index (χ4v) is 6.45. The third kappa shape index (κ3) is 6.01. The normalized spacial score (nSPS) is 17.6. The highest BCUT2D eigenvalue weighted by atomic mass is 32.1. The third-order valence-electron chi connectivity index (χ3n) is 7.55. The first-order valence-corrected chi connectivity index (χ1v) is 15.1. The number of amides is 2. The third-order valence-corrected chi connectivity index (χ3v) is 8.76. The number of benzene rings is 1. The molecule has 2 N–H and O–H groups in total. The van der Waals surface area contributed by atoms with Crippen molar-refractivity contribution in [1.82, 2.24) is 15.2 Å². The summed E-state index contributed by atoms with van der Waals surface area (Å²) in [5.74, 6) is 0.00666. The van der Waals surface area contributed by atoms with Gasteiger partial charge in [0.1, 0.15) is 5.60 Å². The highest BCUT2D eigenvalue weighted by Crippen LogP contribution is 2.43. The fraction of sp³-hybridized carbons (Fsp3) is 0.406. The predicted molar refractivity (Wildman–Crippen MR) is 161 cm³/mol. The van der Waals surface area contributed by atoms with Crippen LogP contribution < -0.4 is 10.2 Å². The summed E-state index contributed by atoms with van der Waals surface area (Å²) in [5, 5.41) is 14.7. The van der Waals surface area contributed by atoms with Crippen LogP contribution in [0.3, 0.4) is 0 Å². The molecule has 0 spiro atoms. The summed E-state index contributed by atoms with van der Waals surface area (Å²) in [6.07, 6.45) is 4.25. The van der Waals surface area contributed by atoms with Crippen LogP contribution in [-0.2, 0) is 11.2 Å². The van der Waals surface area contributed by atoms with Crippen molar-refractivity contribution in [2.75, 3.05) is 24.5 Å². The van der Waals surface area contributed by atoms with E-state index in [0.717, 1.165) is 50.7 Å². The molecule has 3 aliphatic rings. The molecule has 0 bridgehead atoms. The molecule has 2 aliphatic heterocycles. The molecule has 4 heterocycles. The number of aromatic nitrogens is 1. The average molecular weight is 573 g/mol. The van der Waals surface area contributed by atoms with E-state index in [1.54, 1.807) is 4.90 Å². The van der Waals surface area contributed by atoms with Gasteiger partial charge in [0.25, 0.3) is 5.91 Å². The van der Waals surface area contributed by atoms with Gasteiger partial charge in [-0.25, -0.2) is 9.78 Å². The summed E-state index contributed by atoms with van der Waals surface area (Å²) in [6, 6.07) is 16.1. The zero-order valence-corrected chi connectivity index (χ0v) is 24.5. The molecule has 1 unspecified atom stereocenters. The van der Waals surface area contributed by atoms with Crippen molar-refractivity contribution in [2.45, 2.75) is 64.3 Å². The molecule has 0 radical (unpaired) electrons. The minimum Gasteiger partial charge on any atom is -0.444 e. The predicted octanol–water partition coefficient (Wildman–Crippen LogP) is 5.78. The molecule has 41 heavy (non-hydrogen) atoms. The molecule has 1 atom stereocenters. The maximum absolute atomic E-state index is 12.7. The summed E-state index contributed by atoms with van der Waals surface area (Å²) in [7, 11) is 0. The van der Waals surface area contributed by atoms with Crippen LogP contribution in [0, 0.1) is 0 Å². The van der Waals surface area contributed by atoms with E-state index in [9.17, 15) is 14.7 Å². The minimum atomic E-state index is -0.940.